The van der Waals surface area contributed by atoms with Gasteiger partial charge in [0.05, 0.1) is 23.8 Å². The van der Waals surface area contributed by atoms with Crippen LogP contribution in [0.1, 0.15) is 55.5 Å². The van der Waals surface area contributed by atoms with Gasteiger partial charge < -0.3 is 14.8 Å². The minimum atomic E-state index is -0.385. The van der Waals surface area contributed by atoms with Crippen molar-refractivity contribution in [3.63, 3.8) is 0 Å². The van der Waals surface area contributed by atoms with E-state index in [-0.39, 0.29) is 35.9 Å². The molecule has 156 valence electrons. The van der Waals surface area contributed by atoms with Crippen LogP contribution < -0.4 is 10.1 Å². The molecule has 3 amide bonds. The molecule has 4 rings (SSSR count). The summed E-state index contributed by atoms with van der Waals surface area (Å²) in [6.45, 7) is 1.21. The molecule has 0 radical (unpaired) electrons. The van der Waals surface area contributed by atoms with E-state index in [2.05, 4.69) is 5.32 Å². The van der Waals surface area contributed by atoms with Crippen LogP contribution in [-0.2, 0) is 4.74 Å². The third kappa shape index (κ3) is 3.78. The highest BCUT2D eigenvalue weighted by Crippen LogP contribution is 2.34. The molecule has 1 unspecified atom stereocenters. The van der Waals surface area contributed by atoms with Gasteiger partial charge in [0, 0.05) is 42.8 Å². The Morgan fingerprint density at radius 3 is 2.80 bits per heavy atom. The summed E-state index contributed by atoms with van der Waals surface area (Å²) in [7, 11) is 1.57. The highest BCUT2D eigenvalue weighted by atomic mass is 35.5. The topological polar surface area (TPSA) is 84.9 Å². The Bertz CT molecular complexity index is 1020. The van der Waals surface area contributed by atoms with Crippen LogP contribution in [0, 0.1) is 0 Å². The van der Waals surface area contributed by atoms with Crippen LogP contribution in [0.4, 0.5) is 0 Å². The van der Waals surface area contributed by atoms with Gasteiger partial charge in [0.1, 0.15) is 5.75 Å². The van der Waals surface area contributed by atoms with Crippen molar-refractivity contribution in [3.8, 4) is 5.75 Å². The summed E-state index contributed by atoms with van der Waals surface area (Å²) in [5, 5.41) is 3.55. The number of carbonyl (C=O) groups excluding carboxylic acids is 3. The number of methoxy groups -OCH3 is 1. The zero-order valence-corrected chi connectivity index (χ0v) is 17.2. The molecule has 30 heavy (non-hydrogen) atoms. The molecule has 0 saturated heterocycles. The Labute approximate surface area is 178 Å². The van der Waals surface area contributed by atoms with Crippen LogP contribution in [0.15, 0.2) is 36.4 Å². The molecule has 2 aromatic carbocycles. The third-order valence-electron chi connectivity index (χ3n) is 5.28. The van der Waals surface area contributed by atoms with Gasteiger partial charge in [-0.1, -0.05) is 11.6 Å². The Balaban J connectivity index is 1.52. The lowest BCUT2D eigenvalue weighted by Gasteiger charge is -2.27. The molecule has 1 N–H and O–H groups in total. The van der Waals surface area contributed by atoms with Crippen molar-refractivity contribution in [2.24, 2.45) is 0 Å². The molecule has 0 fully saturated rings. The fourth-order valence-corrected chi connectivity index (χ4v) is 3.94. The van der Waals surface area contributed by atoms with Gasteiger partial charge >= 0.3 is 0 Å². The Kier molecular flexibility index (Phi) is 5.74. The van der Waals surface area contributed by atoms with Crippen LogP contribution in [0.25, 0.3) is 0 Å². The molecule has 2 aliphatic rings. The predicted molar refractivity (Wildman–Crippen MR) is 110 cm³/mol. The van der Waals surface area contributed by atoms with Gasteiger partial charge in [-0.05, 0) is 42.8 Å². The van der Waals surface area contributed by atoms with E-state index in [1.54, 1.807) is 31.4 Å². The third-order valence-corrected chi connectivity index (χ3v) is 5.51. The number of carbonyl (C=O) groups is 3. The highest BCUT2D eigenvalue weighted by Gasteiger charge is 2.35. The molecule has 0 saturated carbocycles. The van der Waals surface area contributed by atoms with E-state index >= 15 is 0 Å². The fraction of sp³-hybridized carbons (Fsp3) is 0.318. The molecule has 0 aromatic heterocycles. The van der Waals surface area contributed by atoms with E-state index in [1.165, 1.54) is 17.0 Å². The Morgan fingerprint density at radius 2 is 2.00 bits per heavy atom. The van der Waals surface area contributed by atoms with Crippen LogP contribution in [-0.4, -0.2) is 49.5 Å². The van der Waals surface area contributed by atoms with E-state index < -0.39 is 0 Å². The number of hydrogen-bond donors (Lipinski definition) is 1. The first-order chi connectivity index (χ1) is 14.5. The minimum Gasteiger partial charge on any atom is -0.493 e. The molecule has 7 nitrogen and oxygen atoms in total. The molecule has 0 spiro atoms. The van der Waals surface area contributed by atoms with Gasteiger partial charge in [0.25, 0.3) is 17.7 Å². The second-order valence-electron chi connectivity index (χ2n) is 7.21. The molecule has 1 atom stereocenters. The molecule has 2 aliphatic heterocycles. The lowest BCUT2D eigenvalue weighted by Crippen LogP contribution is -2.32. The van der Waals surface area contributed by atoms with E-state index in [4.69, 9.17) is 21.1 Å². The molecule has 2 aromatic rings. The maximum atomic E-state index is 12.9. The highest BCUT2D eigenvalue weighted by molar-refractivity contribution is 6.30. The number of amides is 3. The average molecular weight is 429 g/mol. The van der Waals surface area contributed by atoms with Crippen LogP contribution in [0.2, 0.25) is 5.02 Å². The second-order valence-corrected chi connectivity index (χ2v) is 7.65. The lowest BCUT2D eigenvalue weighted by atomic mass is 9.99. The summed E-state index contributed by atoms with van der Waals surface area (Å²) in [5.41, 5.74) is 1.71. The lowest BCUT2D eigenvalue weighted by molar-refractivity contribution is 0.0638. The molecular weight excluding hydrogens is 408 g/mol. The van der Waals surface area contributed by atoms with Crippen molar-refractivity contribution < 1.29 is 23.9 Å². The van der Waals surface area contributed by atoms with E-state index in [0.29, 0.717) is 48.0 Å². The Hall–Kier alpha value is -2.90. The van der Waals surface area contributed by atoms with Crippen LogP contribution >= 0.6 is 11.6 Å². The molecular formula is C22H21ClN2O5. The number of benzene rings is 2. The van der Waals surface area contributed by atoms with Crippen molar-refractivity contribution >= 4 is 29.3 Å². The van der Waals surface area contributed by atoms with Crippen molar-refractivity contribution in [1.82, 2.24) is 10.2 Å². The quantitative estimate of drug-likeness (QED) is 0.564. The zero-order chi connectivity index (χ0) is 21.3. The van der Waals surface area contributed by atoms with Crippen molar-refractivity contribution in [2.45, 2.75) is 18.9 Å². The van der Waals surface area contributed by atoms with Gasteiger partial charge in [-0.15, -0.1) is 0 Å². The largest absolute Gasteiger partial charge is 0.493 e. The van der Waals surface area contributed by atoms with Gasteiger partial charge in [0.2, 0.25) is 0 Å². The number of nitrogens with zero attached hydrogens (tertiary/aromatic N) is 1. The number of ether oxygens (including phenoxy) is 2. The number of hydrogen-bond acceptors (Lipinski definition) is 5. The van der Waals surface area contributed by atoms with Gasteiger partial charge in [-0.3, -0.25) is 19.3 Å². The van der Waals surface area contributed by atoms with Gasteiger partial charge in [0.15, 0.2) is 0 Å². The molecule has 0 bridgehead atoms. The first-order valence-corrected chi connectivity index (χ1v) is 10.1. The standard InChI is InChI=1S/C22H21ClN2O5/c1-29-9-2-8-25-21(27)15-5-3-13(11-16(15)22(25)28)20(26)24-18-7-10-30-19-6-4-14(23)12-17(18)19/h3-6,11-12,18H,2,7-10H2,1H3,(H,24,26). The minimum absolute atomic E-state index is 0.250. The second kappa shape index (κ2) is 8.45. The summed E-state index contributed by atoms with van der Waals surface area (Å²) >= 11 is 6.10. The Morgan fingerprint density at radius 1 is 1.20 bits per heavy atom. The van der Waals surface area contributed by atoms with Crippen molar-refractivity contribution in [2.75, 3.05) is 26.9 Å². The van der Waals surface area contributed by atoms with Crippen molar-refractivity contribution in [3.05, 3.63) is 63.7 Å². The number of nitrogens with one attached hydrogen (secondary N) is 1. The number of fused-ring (bicyclic) bond motifs is 2. The van der Waals surface area contributed by atoms with E-state index in [0.717, 1.165) is 5.56 Å². The summed E-state index contributed by atoms with van der Waals surface area (Å²) in [4.78, 5) is 39.2. The fourth-order valence-electron chi connectivity index (χ4n) is 3.76. The van der Waals surface area contributed by atoms with Gasteiger partial charge in [-0.2, -0.15) is 0 Å². The maximum absolute atomic E-state index is 12.9. The molecule has 2 heterocycles. The van der Waals surface area contributed by atoms with Crippen molar-refractivity contribution in [1.29, 1.82) is 0 Å². The first kappa shape index (κ1) is 20.4. The summed E-state index contributed by atoms with van der Waals surface area (Å²) in [6, 6.07) is 9.64. The SMILES string of the molecule is COCCCN1C(=O)c2ccc(C(=O)NC3CCOc4ccc(Cl)cc43)cc2C1=O. The number of halogens is 1. The monoisotopic (exact) mass is 428 g/mol. The van der Waals surface area contributed by atoms with Crippen LogP contribution in [0.3, 0.4) is 0 Å². The predicted octanol–water partition coefficient (Wildman–Crippen LogP) is 3.23. The number of imide groups is 1. The maximum Gasteiger partial charge on any atom is 0.261 e. The average Bonchev–Trinajstić information content (AvgIpc) is 2.98. The van der Waals surface area contributed by atoms with Crippen LogP contribution in [0.5, 0.6) is 5.75 Å². The molecule has 0 aliphatic carbocycles. The number of rotatable bonds is 6. The summed E-state index contributed by atoms with van der Waals surface area (Å²) in [6.07, 6.45) is 1.16. The molecule has 8 heteroatoms. The summed E-state index contributed by atoms with van der Waals surface area (Å²) < 4.78 is 10.6. The van der Waals surface area contributed by atoms with E-state index in [9.17, 15) is 14.4 Å². The zero-order valence-electron chi connectivity index (χ0n) is 16.4. The summed E-state index contributed by atoms with van der Waals surface area (Å²) in [5.74, 6) is -0.360. The smallest absolute Gasteiger partial charge is 0.261 e. The van der Waals surface area contributed by atoms with E-state index in [1.807, 2.05) is 0 Å². The van der Waals surface area contributed by atoms with Gasteiger partial charge in [-0.25, -0.2) is 0 Å². The first-order valence-electron chi connectivity index (χ1n) is 9.72. The normalized spacial score (nSPS) is 17.4.